The molecule has 0 saturated carbocycles. The van der Waals surface area contributed by atoms with Crippen LogP contribution in [0.4, 0.5) is 0 Å². The molecule has 0 aromatic carbocycles. The molecule has 1 aliphatic rings. The lowest BCUT2D eigenvalue weighted by molar-refractivity contribution is 0.280. The van der Waals surface area contributed by atoms with Crippen molar-refractivity contribution in [2.45, 2.75) is 65.3 Å². The van der Waals surface area contributed by atoms with Crippen molar-refractivity contribution in [2.75, 3.05) is 26.2 Å². The summed E-state index contributed by atoms with van der Waals surface area (Å²) in [5, 5.41) is 12.6. The number of nitrogens with one attached hydrogen (secondary N) is 1. The first-order chi connectivity index (χ1) is 8.91. The number of nitriles is 1. The van der Waals surface area contributed by atoms with Crippen molar-refractivity contribution in [3.05, 3.63) is 0 Å². The first-order valence-corrected chi connectivity index (χ1v) is 7.79. The van der Waals surface area contributed by atoms with Crippen LogP contribution in [0.25, 0.3) is 0 Å². The van der Waals surface area contributed by atoms with Gasteiger partial charge >= 0.3 is 0 Å². The van der Waals surface area contributed by atoms with Crippen LogP contribution in [0.3, 0.4) is 0 Å². The van der Waals surface area contributed by atoms with Crippen LogP contribution in [0.2, 0.25) is 0 Å². The van der Waals surface area contributed by atoms with Gasteiger partial charge in [-0.3, -0.25) is 5.32 Å². The molecule has 1 aliphatic heterocycles. The third-order valence-corrected chi connectivity index (χ3v) is 4.17. The first-order valence-electron chi connectivity index (χ1n) is 7.79. The van der Waals surface area contributed by atoms with E-state index < -0.39 is 0 Å². The Bertz CT molecular complexity index is 306. The molecule has 110 valence electrons. The largest absolute Gasteiger partial charge is 0.303 e. The van der Waals surface area contributed by atoms with E-state index in [4.69, 9.17) is 0 Å². The number of rotatable bonds is 8. The molecule has 0 aromatic heterocycles. The molecule has 1 fully saturated rings. The Morgan fingerprint density at radius 3 is 2.63 bits per heavy atom. The molecule has 0 aromatic rings. The van der Waals surface area contributed by atoms with Gasteiger partial charge in [-0.05, 0) is 64.1 Å². The molecule has 1 rings (SSSR count). The van der Waals surface area contributed by atoms with Crippen LogP contribution in [-0.4, -0.2) is 36.6 Å². The molecular formula is C16H31N3. The van der Waals surface area contributed by atoms with Crippen LogP contribution in [0.5, 0.6) is 0 Å². The summed E-state index contributed by atoms with van der Waals surface area (Å²) in [7, 11) is 0. The summed E-state index contributed by atoms with van der Waals surface area (Å²) in [5.74, 6) is 0. The molecule has 3 nitrogen and oxygen atoms in total. The maximum absolute atomic E-state index is 9.27. The summed E-state index contributed by atoms with van der Waals surface area (Å²) in [4.78, 5) is 2.57. The van der Waals surface area contributed by atoms with Gasteiger partial charge in [-0.2, -0.15) is 5.26 Å². The molecule has 1 unspecified atom stereocenters. The summed E-state index contributed by atoms with van der Waals surface area (Å²) in [5.41, 5.74) is 0.171. The quantitative estimate of drug-likeness (QED) is 0.685. The maximum Gasteiger partial charge on any atom is 0.103 e. The lowest BCUT2D eigenvalue weighted by atomic mass is 9.93. The van der Waals surface area contributed by atoms with Crippen molar-refractivity contribution >= 4 is 0 Å². The van der Waals surface area contributed by atoms with Gasteiger partial charge in [-0.1, -0.05) is 20.8 Å². The van der Waals surface area contributed by atoms with Gasteiger partial charge in [0.05, 0.1) is 6.07 Å². The molecule has 0 amide bonds. The van der Waals surface area contributed by atoms with Crippen LogP contribution in [0, 0.1) is 16.7 Å². The molecular weight excluding hydrogens is 234 g/mol. The van der Waals surface area contributed by atoms with Gasteiger partial charge in [0.2, 0.25) is 0 Å². The first kappa shape index (κ1) is 16.5. The third-order valence-electron chi connectivity index (χ3n) is 4.17. The van der Waals surface area contributed by atoms with Crippen molar-refractivity contribution < 1.29 is 0 Å². The SMILES string of the molecule is CCCNC(C)(C#N)CCCCN1CCC(C)(C)C1. The predicted octanol–water partition coefficient (Wildman–Crippen LogP) is 3.17. The van der Waals surface area contributed by atoms with Gasteiger partial charge in [0, 0.05) is 6.54 Å². The minimum Gasteiger partial charge on any atom is -0.303 e. The second-order valence-corrected chi connectivity index (χ2v) is 7.02. The van der Waals surface area contributed by atoms with Gasteiger partial charge in [0.25, 0.3) is 0 Å². The zero-order valence-electron chi connectivity index (χ0n) is 13.3. The molecule has 1 atom stereocenters. The fourth-order valence-corrected chi connectivity index (χ4v) is 2.81. The highest BCUT2D eigenvalue weighted by molar-refractivity contribution is 5.03. The highest BCUT2D eigenvalue weighted by Crippen LogP contribution is 2.28. The van der Waals surface area contributed by atoms with E-state index in [1.54, 1.807) is 0 Å². The fourth-order valence-electron chi connectivity index (χ4n) is 2.81. The fraction of sp³-hybridized carbons (Fsp3) is 0.938. The van der Waals surface area contributed by atoms with Crippen molar-refractivity contribution in [1.82, 2.24) is 10.2 Å². The Hall–Kier alpha value is -0.590. The van der Waals surface area contributed by atoms with Gasteiger partial charge in [0.15, 0.2) is 0 Å². The summed E-state index contributed by atoms with van der Waals surface area (Å²) >= 11 is 0. The minimum atomic E-state index is -0.333. The molecule has 0 bridgehead atoms. The van der Waals surface area contributed by atoms with Crippen molar-refractivity contribution in [3.8, 4) is 6.07 Å². The summed E-state index contributed by atoms with van der Waals surface area (Å²) in [6.07, 6.45) is 5.71. The summed E-state index contributed by atoms with van der Waals surface area (Å²) in [6.45, 7) is 13.5. The number of hydrogen-bond acceptors (Lipinski definition) is 3. The molecule has 1 N–H and O–H groups in total. The molecule has 0 aliphatic carbocycles. The van der Waals surface area contributed by atoms with E-state index in [9.17, 15) is 5.26 Å². The van der Waals surface area contributed by atoms with E-state index >= 15 is 0 Å². The third kappa shape index (κ3) is 5.93. The smallest absolute Gasteiger partial charge is 0.103 e. The molecule has 1 heterocycles. The average molecular weight is 265 g/mol. The zero-order valence-corrected chi connectivity index (χ0v) is 13.3. The standard InChI is InChI=1S/C16H31N3/c1-5-10-18-16(4,13-17)8-6-7-11-19-12-9-15(2,3)14-19/h18H,5-12,14H2,1-4H3. The Kier molecular flexibility index (Phi) is 6.29. The number of nitrogens with zero attached hydrogens (tertiary/aromatic N) is 2. The van der Waals surface area contributed by atoms with Crippen LogP contribution >= 0.6 is 0 Å². The van der Waals surface area contributed by atoms with Crippen LogP contribution in [0.1, 0.15) is 59.8 Å². The van der Waals surface area contributed by atoms with Gasteiger partial charge in [-0.25, -0.2) is 0 Å². The van der Waals surface area contributed by atoms with E-state index in [0.29, 0.717) is 5.41 Å². The number of likely N-dealkylation sites (tertiary alicyclic amines) is 1. The van der Waals surface area contributed by atoms with E-state index in [1.807, 2.05) is 6.92 Å². The molecule has 3 heteroatoms. The van der Waals surface area contributed by atoms with Crippen molar-refractivity contribution in [2.24, 2.45) is 5.41 Å². The summed E-state index contributed by atoms with van der Waals surface area (Å²) in [6, 6.07) is 2.43. The normalized spacial score (nSPS) is 22.1. The monoisotopic (exact) mass is 265 g/mol. The number of hydrogen-bond donors (Lipinski definition) is 1. The highest BCUT2D eigenvalue weighted by atomic mass is 15.1. The second-order valence-electron chi connectivity index (χ2n) is 7.02. The Balaban J connectivity index is 2.18. The second kappa shape index (κ2) is 7.26. The lowest BCUT2D eigenvalue weighted by Crippen LogP contribution is -2.41. The molecule has 0 radical (unpaired) electrons. The average Bonchev–Trinajstić information content (AvgIpc) is 2.72. The van der Waals surface area contributed by atoms with Crippen molar-refractivity contribution in [1.29, 1.82) is 5.26 Å². The number of unbranched alkanes of at least 4 members (excludes halogenated alkanes) is 1. The highest BCUT2D eigenvalue weighted by Gasteiger charge is 2.28. The molecule has 0 spiro atoms. The van der Waals surface area contributed by atoms with E-state index in [2.05, 4.69) is 37.1 Å². The molecule has 1 saturated heterocycles. The zero-order chi connectivity index (χ0) is 14.4. The Morgan fingerprint density at radius 1 is 1.37 bits per heavy atom. The van der Waals surface area contributed by atoms with E-state index in [0.717, 1.165) is 25.8 Å². The van der Waals surface area contributed by atoms with E-state index in [1.165, 1.54) is 32.5 Å². The Labute approximate surface area is 119 Å². The van der Waals surface area contributed by atoms with Crippen molar-refractivity contribution in [3.63, 3.8) is 0 Å². The maximum atomic E-state index is 9.27. The van der Waals surface area contributed by atoms with E-state index in [-0.39, 0.29) is 5.54 Å². The predicted molar refractivity (Wildman–Crippen MR) is 81.0 cm³/mol. The lowest BCUT2D eigenvalue weighted by Gasteiger charge is -2.24. The van der Waals surface area contributed by atoms with Gasteiger partial charge in [-0.15, -0.1) is 0 Å². The summed E-state index contributed by atoms with van der Waals surface area (Å²) < 4.78 is 0. The Morgan fingerprint density at radius 2 is 2.11 bits per heavy atom. The van der Waals surface area contributed by atoms with Gasteiger partial charge in [0.1, 0.15) is 5.54 Å². The van der Waals surface area contributed by atoms with Crippen LogP contribution in [-0.2, 0) is 0 Å². The van der Waals surface area contributed by atoms with Crippen LogP contribution in [0.15, 0.2) is 0 Å². The topological polar surface area (TPSA) is 39.1 Å². The molecule has 19 heavy (non-hydrogen) atoms. The van der Waals surface area contributed by atoms with Crippen LogP contribution < -0.4 is 5.32 Å². The van der Waals surface area contributed by atoms with Gasteiger partial charge < -0.3 is 4.90 Å². The minimum absolute atomic E-state index is 0.333.